The molecule has 1 atom stereocenters. The van der Waals surface area contributed by atoms with Crippen molar-refractivity contribution in [3.05, 3.63) is 102 Å². The minimum Gasteiger partial charge on any atom is -0.490 e. The Hall–Kier alpha value is -4.04. The number of aliphatic hydroxyl groups is 1. The number of para-hydroxylation sites is 1. The Morgan fingerprint density at radius 2 is 1.57 bits per heavy atom. The molecule has 0 spiro atoms. The molecule has 0 fully saturated rings. The first kappa shape index (κ1) is 29.0. The lowest BCUT2D eigenvalue weighted by molar-refractivity contribution is 0.0995. The minimum atomic E-state index is -0.665. The van der Waals surface area contributed by atoms with Crippen LogP contribution in [0, 0.1) is 0 Å². The van der Waals surface area contributed by atoms with Gasteiger partial charge in [-0.05, 0) is 80.4 Å². The number of hydrogen-bond acceptors (Lipinski definition) is 5. The van der Waals surface area contributed by atoms with Crippen LogP contribution in [0.4, 0.5) is 0 Å². The summed E-state index contributed by atoms with van der Waals surface area (Å²) in [6.07, 6.45) is 0.101. The van der Waals surface area contributed by atoms with E-state index >= 15 is 0 Å². The number of aliphatic hydroxyl groups excluding tert-OH is 1. The Bertz CT molecular complexity index is 1580. The topological polar surface area (TPSA) is 110 Å². The zero-order chi connectivity index (χ0) is 27.4. The third-order valence-electron chi connectivity index (χ3n) is 6.68. The molecule has 5 N–H and O–H groups in total. The lowest BCUT2D eigenvalue weighted by Crippen LogP contribution is -2.46. The van der Waals surface area contributed by atoms with Crippen LogP contribution in [-0.4, -0.2) is 40.8 Å². The summed E-state index contributed by atoms with van der Waals surface area (Å²) < 4.78 is 11.9. The SMILES string of the molecule is CC(C)(Cc1ccc(Oc2ccc(C(N)=O)cc2)cc1)NC[C@H](O)COc1cccc2[nH]c3ccccc3c12.Cl. The van der Waals surface area contributed by atoms with Crippen LogP contribution in [0.1, 0.15) is 29.8 Å². The number of carbonyl (C=O) groups is 1. The average Bonchev–Trinajstić information content (AvgIpc) is 3.31. The number of nitrogens with two attached hydrogens (primary N) is 1. The van der Waals surface area contributed by atoms with Crippen molar-refractivity contribution >= 4 is 40.1 Å². The fourth-order valence-electron chi connectivity index (χ4n) is 4.70. The van der Waals surface area contributed by atoms with Gasteiger partial charge >= 0.3 is 0 Å². The maximum atomic E-state index is 11.2. The number of aromatic nitrogens is 1. The van der Waals surface area contributed by atoms with Crippen LogP contribution in [0.3, 0.4) is 0 Å². The van der Waals surface area contributed by atoms with Gasteiger partial charge in [-0.15, -0.1) is 12.4 Å². The Morgan fingerprint density at radius 3 is 2.27 bits per heavy atom. The van der Waals surface area contributed by atoms with Gasteiger partial charge in [-0.3, -0.25) is 4.79 Å². The second-order valence-electron chi connectivity index (χ2n) is 10.4. The largest absolute Gasteiger partial charge is 0.490 e. The van der Waals surface area contributed by atoms with E-state index in [-0.39, 0.29) is 24.6 Å². The van der Waals surface area contributed by atoms with E-state index in [1.165, 1.54) is 0 Å². The Kier molecular flexibility index (Phi) is 9.00. The fourth-order valence-corrected chi connectivity index (χ4v) is 4.70. The van der Waals surface area contributed by atoms with Gasteiger partial charge in [0.15, 0.2) is 0 Å². The van der Waals surface area contributed by atoms with Crippen molar-refractivity contribution in [1.29, 1.82) is 0 Å². The zero-order valence-corrected chi connectivity index (χ0v) is 23.3. The van der Waals surface area contributed by atoms with Crippen LogP contribution in [0.15, 0.2) is 91.0 Å². The van der Waals surface area contributed by atoms with E-state index < -0.39 is 12.0 Å². The lowest BCUT2D eigenvalue weighted by Gasteiger charge is -2.28. The molecule has 0 aliphatic heterocycles. The number of β-amino-alcohol motifs (C(OH)–C–C–N with tert-alkyl or cyclic N) is 1. The number of hydrogen-bond donors (Lipinski definition) is 4. The van der Waals surface area contributed by atoms with Gasteiger partial charge in [0.2, 0.25) is 5.91 Å². The van der Waals surface area contributed by atoms with Crippen molar-refractivity contribution < 1.29 is 19.4 Å². The number of aromatic amines is 1. The number of amides is 1. The summed E-state index contributed by atoms with van der Waals surface area (Å²) in [5.41, 5.74) is 8.70. The van der Waals surface area contributed by atoms with Crippen LogP contribution < -0.4 is 20.5 Å². The minimum absolute atomic E-state index is 0. The number of ether oxygens (including phenoxy) is 2. The smallest absolute Gasteiger partial charge is 0.248 e. The van der Waals surface area contributed by atoms with Crippen LogP contribution in [0.2, 0.25) is 0 Å². The molecule has 5 aromatic rings. The third kappa shape index (κ3) is 6.93. The number of benzene rings is 4. The molecule has 0 radical (unpaired) electrons. The van der Waals surface area contributed by atoms with Crippen LogP contribution in [0.5, 0.6) is 17.2 Å². The molecule has 7 nitrogen and oxygen atoms in total. The second-order valence-corrected chi connectivity index (χ2v) is 10.4. The first-order valence-electron chi connectivity index (χ1n) is 13.0. The number of H-pyrrole nitrogens is 1. The van der Waals surface area contributed by atoms with Gasteiger partial charge in [-0.2, -0.15) is 0 Å². The van der Waals surface area contributed by atoms with E-state index in [0.29, 0.717) is 23.6 Å². The number of primary amides is 1. The van der Waals surface area contributed by atoms with E-state index in [2.05, 4.69) is 30.2 Å². The molecular weight excluding hydrogens is 526 g/mol. The fraction of sp³-hybridized carbons (Fsp3) is 0.219. The van der Waals surface area contributed by atoms with Gasteiger partial charge in [0.05, 0.1) is 5.52 Å². The quantitative estimate of drug-likeness (QED) is 0.159. The summed E-state index contributed by atoms with van der Waals surface area (Å²) in [4.78, 5) is 14.6. The Labute approximate surface area is 239 Å². The maximum absolute atomic E-state index is 11.2. The number of rotatable bonds is 11. The van der Waals surface area contributed by atoms with Crippen LogP contribution >= 0.6 is 12.4 Å². The second kappa shape index (κ2) is 12.4. The van der Waals surface area contributed by atoms with Gasteiger partial charge in [-0.25, -0.2) is 0 Å². The molecular formula is C32H34ClN3O4. The standard InChI is InChI=1S/C32H33N3O4.ClH/c1-32(2,18-21-10-14-24(15-11-21)39-25-16-12-22(13-17-25)31(33)37)34-19-23(36)20-38-29-9-5-8-28-30(29)26-6-3-4-7-27(26)35-28;/h3-17,23,34-36H,18-20H2,1-2H3,(H2,33,37);1H/t23-;/m0./s1. The van der Waals surface area contributed by atoms with Gasteiger partial charge in [-0.1, -0.05) is 36.4 Å². The first-order chi connectivity index (χ1) is 18.8. The van der Waals surface area contributed by atoms with Crippen molar-refractivity contribution in [2.45, 2.75) is 31.9 Å². The predicted molar refractivity (Wildman–Crippen MR) is 162 cm³/mol. The molecule has 1 heterocycles. The first-order valence-corrected chi connectivity index (χ1v) is 13.0. The molecule has 5 rings (SSSR count). The number of fused-ring (bicyclic) bond motifs is 3. The van der Waals surface area contributed by atoms with E-state index in [9.17, 15) is 9.90 Å². The molecule has 0 aliphatic carbocycles. The summed E-state index contributed by atoms with van der Waals surface area (Å²) in [5, 5.41) is 16.3. The van der Waals surface area contributed by atoms with Crippen LogP contribution in [0.25, 0.3) is 21.8 Å². The summed E-state index contributed by atoms with van der Waals surface area (Å²) in [7, 11) is 0. The van der Waals surface area contributed by atoms with E-state index in [0.717, 1.165) is 39.5 Å². The Balaban J connectivity index is 0.00000370. The van der Waals surface area contributed by atoms with Crippen molar-refractivity contribution in [3.63, 3.8) is 0 Å². The van der Waals surface area contributed by atoms with Crippen LogP contribution in [-0.2, 0) is 6.42 Å². The molecule has 0 saturated carbocycles. The average molecular weight is 560 g/mol. The van der Waals surface area contributed by atoms with Gasteiger partial charge in [0.25, 0.3) is 0 Å². The number of carbonyl (C=O) groups excluding carboxylic acids is 1. The third-order valence-corrected chi connectivity index (χ3v) is 6.68. The van der Waals surface area contributed by atoms with Gasteiger partial charge in [0.1, 0.15) is 30.0 Å². The summed E-state index contributed by atoms with van der Waals surface area (Å²) >= 11 is 0. The van der Waals surface area contributed by atoms with Gasteiger partial charge in [0, 0.05) is 33.9 Å². The van der Waals surface area contributed by atoms with E-state index in [4.69, 9.17) is 15.2 Å². The lowest BCUT2D eigenvalue weighted by atomic mass is 9.94. The molecule has 1 amide bonds. The zero-order valence-electron chi connectivity index (χ0n) is 22.5. The van der Waals surface area contributed by atoms with E-state index in [1.54, 1.807) is 24.3 Å². The molecule has 0 saturated heterocycles. The van der Waals surface area contributed by atoms with Crippen molar-refractivity contribution in [2.75, 3.05) is 13.2 Å². The highest BCUT2D eigenvalue weighted by molar-refractivity contribution is 6.10. The number of nitrogens with one attached hydrogen (secondary N) is 2. The highest BCUT2D eigenvalue weighted by Gasteiger charge is 2.20. The molecule has 4 aromatic carbocycles. The van der Waals surface area contributed by atoms with Crippen molar-refractivity contribution in [1.82, 2.24) is 10.3 Å². The molecule has 40 heavy (non-hydrogen) atoms. The van der Waals surface area contributed by atoms with Crippen molar-refractivity contribution in [3.8, 4) is 17.2 Å². The molecule has 1 aromatic heterocycles. The highest BCUT2D eigenvalue weighted by Crippen LogP contribution is 2.33. The monoisotopic (exact) mass is 559 g/mol. The number of halogens is 1. The molecule has 8 heteroatoms. The van der Waals surface area contributed by atoms with Gasteiger partial charge < -0.3 is 30.6 Å². The van der Waals surface area contributed by atoms with Crippen molar-refractivity contribution in [2.24, 2.45) is 5.73 Å². The predicted octanol–water partition coefficient (Wildman–Crippen LogP) is 5.98. The summed E-state index contributed by atoms with van der Waals surface area (Å²) in [5.74, 6) is 1.63. The normalized spacial score (nSPS) is 12.2. The highest BCUT2D eigenvalue weighted by atomic mass is 35.5. The molecule has 0 aliphatic rings. The molecule has 0 bridgehead atoms. The van der Waals surface area contributed by atoms with E-state index in [1.807, 2.05) is 60.7 Å². The summed E-state index contributed by atoms with van der Waals surface area (Å²) in [6, 6.07) is 28.7. The summed E-state index contributed by atoms with van der Waals surface area (Å²) in [6.45, 7) is 4.81. The Morgan fingerprint density at radius 1 is 0.925 bits per heavy atom. The maximum Gasteiger partial charge on any atom is 0.248 e. The molecule has 208 valence electrons. The molecule has 0 unspecified atom stereocenters.